The van der Waals surface area contributed by atoms with Crippen LogP contribution in [0.25, 0.3) is 0 Å². The van der Waals surface area contributed by atoms with E-state index in [-0.39, 0.29) is 17.5 Å². The standard InChI is InChI=1S/C20H31N5O5/c1-30-15-3-10-22-19(26)16-23-11-13-24(14-12-23)20(27)4-2-9-21-17-5-7-18(8-6-17)25(28)29/h5-8,21H,2-4,9-16H2,1H3,(H,22,26). The van der Waals surface area contributed by atoms with E-state index < -0.39 is 4.92 Å². The molecule has 0 aromatic heterocycles. The van der Waals surface area contributed by atoms with Crippen LogP contribution in [0.2, 0.25) is 0 Å². The van der Waals surface area contributed by atoms with E-state index in [1.54, 1.807) is 19.2 Å². The average molecular weight is 421 g/mol. The zero-order chi connectivity index (χ0) is 21.8. The molecule has 10 nitrogen and oxygen atoms in total. The Hall–Kier alpha value is -2.72. The second-order valence-corrected chi connectivity index (χ2v) is 7.19. The fraction of sp³-hybridized carbons (Fsp3) is 0.600. The molecule has 0 unspecified atom stereocenters. The molecule has 10 heteroatoms. The molecule has 2 rings (SSSR count). The van der Waals surface area contributed by atoms with Gasteiger partial charge in [0.2, 0.25) is 11.8 Å². The van der Waals surface area contributed by atoms with Gasteiger partial charge in [0.25, 0.3) is 5.69 Å². The lowest BCUT2D eigenvalue weighted by Gasteiger charge is -2.34. The number of hydrogen-bond acceptors (Lipinski definition) is 7. The third-order valence-corrected chi connectivity index (χ3v) is 4.91. The number of carbonyl (C=O) groups is 2. The molecule has 30 heavy (non-hydrogen) atoms. The highest BCUT2D eigenvalue weighted by molar-refractivity contribution is 5.78. The van der Waals surface area contributed by atoms with Gasteiger partial charge in [0.05, 0.1) is 11.5 Å². The van der Waals surface area contributed by atoms with Crippen LogP contribution in [0.1, 0.15) is 19.3 Å². The first-order valence-corrected chi connectivity index (χ1v) is 10.2. The summed E-state index contributed by atoms with van der Waals surface area (Å²) in [4.78, 5) is 38.4. The zero-order valence-corrected chi connectivity index (χ0v) is 17.5. The molecule has 1 saturated heterocycles. The van der Waals surface area contributed by atoms with Crippen molar-refractivity contribution in [1.29, 1.82) is 0 Å². The largest absolute Gasteiger partial charge is 0.385 e. The van der Waals surface area contributed by atoms with Crippen molar-refractivity contribution < 1.29 is 19.2 Å². The van der Waals surface area contributed by atoms with E-state index in [4.69, 9.17) is 4.74 Å². The smallest absolute Gasteiger partial charge is 0.269 e. The van der Waals surface area contributed by atoms with E-state index in [1.807, 2.05) is 4.90 Å². The summed E-state index contributed by atoms with van der Waals surface area (Å²) in [7, 11) is 1.64. The molecule has 1 aliphatic heterocycles. The van der Waals surface area contributed by atoms with Crippen molar-refractivity contribution in [1.82, 2.24) is 15.1 Å². The minimum atomic E-state index is -0.433. The van der Waals surface area contributed by atoms with Crippen LogP contribution in [0, 0.1) is 10.1 Å². The normalized spacial score (nSPS) is 14.4. The third-order valence-electron chi connectivity index (χ3n) is 4.91. The molecule has 1 aliphatic rings. The molecule has 1 heterocycles. The monoisotopic (exact) mass is 421 g/mol. The van der Waals surface area contributed by atoms with Crippen LogP contribution in [-0.4, -0.2) is 86.1 Å². The highest BCUT2D eigenvalue weighted by atomic mass is 16.6. The summed E-state index contributed by atoms with van der Waals surface area (Å²) < 4.78 is 4.95. The van der Waals surface area contributed by atoms with Crippen molar-refractivity contribution in [2.45, 2.75) is 19.3 Å². The summed E-state index contributed by atoms with van der Waals surface area (Å²) in [5.74, 6) is 0.118. The topological polar surface area (TPSA) is 117 Å². The molecular formula is C20H31N5O5. The number of ether oxygens (including phenoxy) is 1. The number of anilines is 1. The van der Waals surface area contributed by atoms with Crippen molar-refractivity contribution in [3.05, 3.63) is 34.4 Å². The summed E-state index contributed by atoms with van der Waals surface area (Å²) in [6.07, 6.45) is 1.92. The van der Waals surface area contributed by atoms with Gasteiger partial charge in [-0.25, -0.2) is 0 Å². The Kier molecular flexibility index (Phi) is 10.0. The van der Waals surface area contributed by atoms with Crippen LogP contribution in [0.3, 0.4) is 0 Å². The fourth-order valence-electron chi connectivity index (χ4n) is 3.19. The van der Waals surface area contributed by atoms with Gasteiger partial charge >= 0.3 is 0 Å². The van der Waals surface area contributed by atoms with Crippen LogP contribution in [0.4, 0.5) is 11.4 Å². The Bertz CT molecular complexity index is 689. The fourth-order valence-corrected chi connectivity index (χ4v) is 3.19. The Morgan fingerprint density at radius 2 is 1.80 bits per heavy atom. The van der Waals surface area contributed by atoms with Gasteiger partial charge in [0.15, 0.2) is 0 Å². The number of rotatable bonds is 12. The Balaban J connectivity index is 1.57. The van der Waals surface area contributed by atoms with Gasteiger partial charge in [0.1, 0.15) is 0 Å². The second-order valence-electron chi connectivity index (χ2n) is 7.19. The van der Waals surface area contributed by atoms with Gasteiger partial charge in [-0.3, -0.25) is 24.6 Å². The zero-order valence-electron chi connectivity index (χ0n) is 17.5. The molecule has 0 radical (unpaired) electrons. The average Bonchev–Trinajstić information content (AvgIpc) is 2.75. The number of amides is 2. The second kappa shape index (κ2) is 12.8. The summed E-state index contributed by atoms with van der Waals surface area (Å²) in [6.45, 7) is 4.86. The number of piperazine rings is 1. The molecule has 166 valence electrons. The van der Waals surface area contributed by atoms with Gasteiger partial charge < -0.3 is 20.3 Å². The minimum Gasteiger partial charge on any atom is -0.385 e. The number of nitro benzene ring substituents is 1. The van der Waals surface area contributed by atoms with E-state index in [9.17, 15) is 19.7 Å². The van der Waals surface area contributed by atoms with E-state index in [2.05, 4.69) is 15.5 Å². The predicted octanol–water partition coefficient (Wildman–Crippen LogP) is 1.08. The first kappa shape index (κ1) is 23.6. The predicted molar refractivity (Wildman–Crippen MR) is 113 cm³/mol. The summed E-state index contributed by atoms with van der Waals surface area (Å²) in [5.41, 5.74) is 0.848. The maximum absolute atomic E-state index is 12.4. The van der Waals surface area contributed by atoms with Crippen LogP contribution in [-0.2, 0) is 14.3 Å². The van der Waals surface area contributed by atoms with E-state index in [0.717, 1.165) is 12.1 Å². The van der Waals surface area contributed by atoms with Crippen molar-refractivity contribution in [3.8, 4) is 0 Å². The first-order valence-electron chi connectivity index (χ1n) is 10.2. The molecule has 1 aromatic carbocycles. The van der Waals surface area contributed by atoms with Crippen LogP contribution in [0.5, 0.6) is 0 Å². The molecule has 0 saturated carbocycles. The highest BCUT2D eigenvalue weighted by Gasteiger charge is 2.21. The number of nitro groups is 1. The summed E-state index contributed by atoms with van der Waals surface area (Å²) in [5, 5.41) is 16.7. The molecule has 0 bridgehead atoms. The molecule has 0 atom stereocenters. The van der Waals surface area contributed by atoms with Crippen molar-refractivity contribution in [2.75, 3.05) is 64.8 Å². The van der Waals surface area contributed by atoms with Crippen molar-refractivity contribution in [3.63, 3.8) is 0 Å². The number of carbonyl (C=O) groups excluding carboxylic acids is 2. The van der Waals surface area contributed by atoms with Crippen LogP contribution < -0.4 is 10.6 Å². The number of nitrogens with one attached hydrogen (secondary N) is 2. The van der Waals surface area contributed by atoms with Gasteiger partial charge in [-0.1, -0.05) is 0 Å². The number of non-ortho nitro benzene ring substituents is 1. The SMILES string of the molecule is COCCCNC(=O)CN1CCN(C(=O)CCCNc2ccc([N+](=O)[O-])cc2)CC1. The van der Waals surface area contributed by atoms with Gasteiger partial charge in [0, 0.05) is 77.2 Å². The maximum Gasteiger partial charge on any atom is 0.269 e. The summed E-state index contributed by atoms with van der Waals surface area (Å²) in [6, 6.07) is 6.22. The lowest BCUT2D eigenvalue weighted by atomic mass is 10.2. The highest BCUT2D eigenvalue weighted by Crippen LogP contribution is 2.15. The summed E-state index contributed by atoms with van der Waals surface area (Å²) >= 11 is 0. The molecule has 1 fully saturated rings. The van der Waals surface area contributed by atoms with E-state index in [1.165, 1.54) is 12.1 Å². The molecular weight excluding hydrogens is 390 g/mol. The Labute approximate surface area is 176 Å². The minimum absolute atomic E-state index is 0.00296. The molecule has 1 aromatic rings. The molecule has 0 aliphatic carbocycles. The van der Waals surface area contributed by atoms with E-state index in [0.29, 0.717) is 65.3 Å². The Morgan fingerprint density at radius 3 is 2.43 bits per heavy atom. The van der Waals surface area contributed by atoms with Gasteiger partial charge in [-0.05, 0) is 25.0 Å². The maximum atomic E-state index is 12.4. The van der Waals surface area contributed by atoms with Gasteiger partial charge in [-0.15, -0.1) is 0 Å². The van der Waals surface area contributed by atoms with Crippen molar-refractivity contribution >= 4 is 23.2 Å². The van der Waals surface area contributed by atoms with E-state index >= 15 is 0 Å². The first-order chi connectivity index (χ1) is 14.5. The van der Waals surface area contributed by atoms with Gasteiger partial charge in [-0.2, -0.15) is 0 Å². The number of methoxy groups -OCH3 is 1. The molecule has 2 N–H and O–H groups in total. The Morgan fingerprint density at radius 1 is 1.10 bits per heavy atom. The third kappa shape index (κ3) is 8.34. The number of benzene rings is 1. The number of nitrogens with zero attached hydrogens (tertiary/aromatic N) is 3. The molecule has 2 amide bonds. The quantitative estimate of drug-likeness (QED) is 0.295. The lowest BCUT2D eigenvalue weighted by molar-refractivity contribution is -0.384. The van der Waals surface area contributed by atoms with Crippen LogP contribution >= 0.6 is 0 Å². The lowest BCUT2D eigenvalue weighted by Crippen LogP contribution is -2.51. The van der Waals surface area contributed by atoms with Crippen LogP contribution in [0.15, 0.2) is 24.3 Å². The number of hydrogen-bond donors (Lipinski definition) is 2. The molecule has 0 spiro atoms. The van der Waals surface area contributed by atoms with Crippen molar-refractivity contribution in [2.24, 2.45) is 0 Å².